The highest BCUT2D eigenvalue weighted by molar-refractivity contribution is 6.07. The number of nitrogens with zero attached hydrogens (tertiary/aromatic N) is 1. The molecule has 0 aliphatic heterocycles. The average molecular weight is 343 g/mol. The first-order valence-corrected chi connectivity index (χ1v) is 8.01. The minimum Gasteiger partial charge on any atom is -0.480 e. The lowest BCUT2D eigenvalue weighted by Crippen LogP contribution is -2.46. The maximum absolute atomic E-state index is 12.3. The molecule has 3 N–H and O–H groups in total. The Hall–Kier alpha value is -2.96. The van der Waals surface area contributed by atoms with Crippen LogP contribution >= 0.6 is 0 Å². The lowest BCUT2D eigenvalue weighted by atomic mass is 10.0. The van der Waals surface area contributed by atoms with Crippen LogP contribution in [-0.4, -0.2) is 40.5 Å². The van der Waals surface area contributed by atoms with E-state index in [2.05, 4.69) is 15.6 Å². The number of fused-ring (bicyclic) bond motifs is 1. The van der Waals surface area contributed by atoms with Gasteiger partial charge in [0.25, 0.3) is 5.91 Å². The number of benzene rings is 1. The molecule has 0 aliphatic rings. The van der Waals surface area contributed by atoms with E-state index in [1.807, 2.05) is 32.0 Å². The summed E-state index contributed by atoms with van der Waals surface area (Å²) in [4.78, 5) is 39.4. The Balaban J connectivity index is 1.99. The lowest BCUT2D eigenvalue weighted by Gasteiger charge is -2.16. The van der Waals surface area contributed by atoms with E-state index in [4.69, 9.17) is 5.11 Å². The third-order valence-corrected chi connectivity index (χ3v) is 3.66. The molecule has 1 aromatic heterocycles. The monoisotopic (exact) mass is 343 g/mol. The van der Waals surface area contributed by atoms with Gasteiger partial charge >= 0.3 is 5.97 Å². The number of carboxylic acids is 1. The lowest BCUT2D eigenvalue weighted by molar-refractivity contribution is -0.142. The zero-order valence-electron chi connectivity index (χ0n) is 14.2. The number of nitrogens with one attached hydrogen (secondary N) is 2. The predicted octanol–water partition coefficient (Wildman–Crippen LogP) is 1.58. The molecule has 2 aromatic rings. The third-order valence-electron chi connectivity index (χ3n) is 3.66. The van der Waals surface area contributed by atoms with Gasteiger partial charge in [-0.25, -0.2) is 4.79 Å². The second-order valence-electron chi connectivity index (χ2n) is 6.18. The molecular weight excluding hydrogens is 322 g/mol. The quantitative estimate of drug-likeness (QED) is 0.707. The first kappa shape index (κ1) is 18.4. The molecule has 2 rings (SSSR count). The number of rotatable bonds is 7. The second kappa shape index (κ2) is 8.23. The molecule has 0 aliphatic carbocycles. The highest BCUT2D eigenvalue weighted by atomic mass is 16.4. The molecule has 7 nitrogen and oxygen atoms in total. The van der Waals surface area contributed by atoms with Crippen molar-refractivity contribution in [3.8, 4) is 0 Å². The van der Waals surface area contributed by atoms with E-state index >= 15 is 0 Å². The summed E-state index contributed by atoms with van der Waals surface area (Å²) in [7, 11) is 0. The molecule has 132 valence electrons. The Bertz CT molecular complexity index is 783. The van der Waals surface area contributed by atoms with E-state index in [0.717, 1.165) is 10.8 Å². The van der Waals surface area contributed by atoms with Crippen LogP contribution in [0.15, 0.2) is 36.7 Å². The Morgan fingerprint density at radius 2 is 1.88 bits per heavy atom. The van der Waals surface area contributed by atoms with E-state index in [9.17, 15) is 14.4 Å². The highest BCUT2D eigenvalue weighted by Crippen LogP contribution is 2.16. The maximum Gasteiger partial charge on any atom is 0.326 e. The highest BCUT2D eigenvalue weighted by Gasteiger charge is 2.21. The molecule has 0 saturated carbocycles. The smallest absolute Gasteiger partial charge is 0.326 e. The molecule has 25 heavy (non-hydrogen) atoms. The summed E-state index contributed by atoms with van der Waals surface area (Å²) in [5.74, 6) is -1.95. The van der Waals surface area contributed by atoms with Crippen molar-refractivity contribution in [2.24, 2.45) is 5.92 Å². The SMILES string of the molecule is CC(C)C[C@H](NC(=O)CNC(=O)c1cncc2ccccc12)C(=O)O. The fourth-order valence-corrected chi connectivity index (χ4v) is 2.49. The van der Waals surface area contributed by atoms with Crippen molar-refractivity contribution in [3.63, 3.8) is 0 Å². The molecule has 2 amide bonds. The Morgan fingerprint density at radius 1 is 1.16 bits per heavy atom. The van der Waals surface area contributed by atoms with Gasteiger partial charge in [0.1, 0.15) is 6.04 Å². The van der Waals surface area contributed by atoms with Crippen molar-refractivity contribution in [1.29, 1.82) is 0 Å². The standard InChI is InChI=1S/C18H21N3O4/c1-11(2)7-15(18(24)25)21-16(22)10-20-17(23)14-9-19-8-12-5-3-4-6-13(12)14/h3-6,8-9,11,15H,7,10H2,1-2H3,(H,20,23)(H,21,22)(H,24,25)/t15-/m0/s1. The molecule has 0 bridgehead atoms. The van der Waals surface area contributed by atoms with Crippen LogP contribution in [0.3, 0.4) is 0 Å². The van der Waals surface area contributed by atoms with Crippen LogP contribution in [0.4, 0.5) is 0 Å². The molecule has 1 aromatic carbocycles. The van der Waals surface area contributed by atoms with Crippen LogP contribution in [0.2, 0.25) is 0 Å². The second-order valence-corrected chi connectivity index (χ2v) is 6.18. The summed E-state index contributed by atoms with van der Waals surface area (Å²) in [6.45, 7) is 3.44. The maximum atomic E-state index is 12.3. The molecule has 0 radical (unpaired) electrons. The van der Waals surface area contributed by atoms with Gasteiger partial charge in [-0.2, -0.15) is 0 Å². The van der Waals surface area contributed by atoms with Crippen LogP contribution in [0.1, 0.15) is 30.6 Å². The molecular formula is C18H21N3O4. The molecule has 1 atom stereocenters. The predicted molar refractivity (Wildman–Crippen MR) is 93.1 cm³/mol. The van der Waals surface area contributed by atoms with Gasteiger partial charge in [0, 0.05) is 17.8 Å². The van der Waals surface area contributed by atoms with E-state index in [0.29, 0.717) is 12.0 Å². The number of hydrogen-bond donors (Lipinski definition) is 3. The number of carboxylic acid groups (broad SMARTS) is 1. The Kier molecular flexibility index (Phi) is 6.05. The summed E-state index contributed by atoms with van der Waals surface area (Å²) < 4.78 is 0. The van der Waals surface area contributed by atoms with Crippen LogP contribution in [0, 0.1) is 5.92 Å². The zero-order valence-corrected chi connectivity index (χ0v) is 14.2. The minimum atomic E-state index is -1.09. The van der Waals surface area contributed by atoms with Crippen LogP contribution in [0.5, 0.6) is 0 Å². The summed E-state index contributed by atoms with van der Waals surface area (Å²) in [6.07, 6.45) is 3.42. The van der Waals surface area contributed by atoms with Gasteiger partial charge in [-0.15, -0.1) is 0 Å². The number of aliphatic carboxylic acids is 1. The van der Waals surface area contributed by atoms with Gasteiger partial charge in [0.05, 0.1) is 12.1 Å². The van der Waals surface area contributed by atoms with Gasteiger partial charge in [-0.05, 0) is 17.7 Å². The first-order chi connectivity index (χ1) is 11.9. The molecule has 0 saturated heterocycles. The third kappa shape index (κ3) is 5.00. The number of carbonyl (C=O) groups is 3. The Labute approximate surface area is 145 Å². The van der Waals surface area contributed by atoms with E-state index in [1.165, 1.54) is 6.20 Å². The number of pyridine rings is 1. The fourth-order valence-electron chi connectivity index (χ4n) is 2.49. The van der Waals surface area contributed by atoms with Crippen molar-refractivity contribution in [2.45, 2.75) is 26.3 Å². The van der Waals surface area contributed by atoms with Crippen molar-refractivity contribution in [1.82, 2.24) is 15.6 Å². The summed E-state index contributed by atoms with van der Waals surface area (Å²) >= 11 is 0. The van der Waals surface area contributed by atoms with Crippen molar-refractivity contribution < 1.29 is 19.5 Å². The molecule has 1 heterocycles. The van der Waals surface area contributed by atoms with Crippen LogP contribution in [0.25, 0.3) is 10.8 Å². The van der Waals surface area contributed by atoms with Crippen LogP contribution in [-0.2, 0) is 9.59 Å². The van der Waals surface area contributed by atoms with Gasteiger partial charge in [-0.1, -0.05) is 38.1 Å². The number of hydrogen-bond acceptors (Lipinski definition) is 4. The van der Waals surface area contributed by atoms with E-state index in [1.54, 1.807) is 12.3 Å². The van der Waals surface area contributed by atoms with E-state index < -0.39 is 23.8 Å². The average Bonchev–Trinajstić information content (AvgIpc) is 2.58. The van der Waals surface area contributed by atoms with Gasteiger partial charge in [-0.3, -0.25) is 14.6 Å². The first-order valence-electron chi connectivity index (χ1n) is 8.01. The van der Waals surface area contributed by atoms with Crippen molar-refractivity contribution >= 4 is 28.6 Å². The molecule has 7 heteroatoms. The Morgan fingerprint density at radius 3 is 2.56 bits per heavy atom. The van der Waals surface area contributed by atoms with Crippen LogP contribution < -0.4 is 10.6 Å². The van der Waals surface area contributed by atoms with Gasteiger partial charge in [0.15, 0.2) is 0 Å². The number of aromatic nitrogens is 1. The largest absolute Gasteiger partial charge is 0.480 e. The normalized spacial score (nSPS) is 12.0. The van der Waals surface area contributed by atoms with Gasteiger partial charge in [0.2, 0.25) is 5.91 Å². The number of amides is 2. The van der Waals surface area contributed by atoms with Crippen molar-refractivity contribution in [3.05, 3.63) is 42.2 Å². The van der Waals surface area contributed by atoms with Gasteiger partial charge < -0.3 is 15.7 Å². The topological polar surface area (TPSA) is 108 Å². The molecule has 0 fully saturated rings. The minimum absolute atomic E-state index is 0.123. The molecule has 0 spiro atoms. The number of carbonyl (C=O) groups excluding carboxylic acids is 2. The van der Waals surface area contributed by atoms with E-state index in [-0.39, 0.29) is 12.5 Å². The summed E-state index contributed by atoms with van der Waals surface area (Å²) in [5.41, 5.74) is 0.364. The van der Waals surface area contributed by atoms with Crippen molar-refractivity contribution in [2.75, 3.05) is 6.54 Å². The molecule has 0 unspecified atom stereocenters. The summed E-state index contributed by atoms with van der Waals surface area (Å²) in [6, 6.07) is 6.34. The zero-order chi connectivity index (χ0) is 18.4. The fraction of sp³-hybridized carbons (Fsp3) is 0.333. The summed E-state index contributed by atoms with van der Waals surface area (Å²) in [5, 5.41) is 15.6.